The Morgan fingerprint density at radius 2 is 1.92 bits per heavy atom. The molecule has 5 atom stereocenters. The Morgan fingerprint density at radius 1 is 1.23 bits per heavy atom. The molecule has 0 bridgehead atoms. The lowest BCUT2D eigenvalue weighted by Crippen LogP contribution is -2.32. The van der Waals surface area contributed by atoms with Crippen molar-refractivity contribution in [2.45, 2.75) is 38.7 Å². The van der Waals surface area contributed by atoms with E-state index in [1.54, 1.807) is 0 Å². The van der Waals surface area contributed by atoms with Gasteiger partial charge in [-0.2, -0.15) is 0 Å². The Balaban J connectivity index is 1.87. The van der Waals surface area contributed by atoms with E-state index in [1.165, 1.54) is 12.8 Å². The molecule has 0 aromatic heterocycles. The van der Waals surface area contributed by atoms with E-state index in [9.17, 15) is 5.11 Å². The highest BCUT2D eigenvalue weighted by molar-refractivity contribution is 4.92. The van der Waals surface area contributed by atoms with Crippen LogP contribution in [0.1, 0.15) is 32.6 Å². The van der Waals surface area contributed by atoms with Crippen LogP contribution in [0, 0.1) is 23.7 Å². The maximum absolute atomic E-state index is 9.59. The first-order chi connectivity index (χ1) is 6.22. The van der Waals surface area contributed by atoms with Gasteiger partial charge in [0.1, 0.15) is 0 Å². The maximum Gasteiger partial charge on any atom is 0.0590 e. The Kier molecular flexibility index (Phi) is 2.61. The van der Waals surface area contributed by atoms with Gasteiger partial charge in [-0.1, -0.05) is 6.92 Å². The van der Waals surface area contributed by atoms with E-state index in [2.05, 4.69) is 6.92 Å². The Hall–Kier alpha value is -0.0800. The summed E-state index contributed by atoms with van der Waals surface area (Å²) in [5.41, 5.74) is 0. The van der Waals surface area contributed by atoms with E-state index < -0.39 is 0 Å². The summed E-state index contributed by atoms with van der Waals surface area (Å²) in [7, 11) is 0. The van der Waals surface area contributed by atoms with Crippen molar-refractivity contribution in [2.75, 3.05) is 6.61 Å². The molecule has 0 amide bonds. The molecule has 0 heterocycles. The third-order valence-corrected chi connectivity index (χ3v) is 3.99. The Morgan fingerprint density at radius 3 is 2.46 bits per heavy atom. The summed E-state index contributed by atoms with van der Waals surface area (Å²) in [6.45, 7) is 2.47. The minimum atomic E-state index is -0.240. The molecule has 0 aliphatic heterocycles. The maximum atomic E-state index is 9.59. The topological polar surface area (TPSA) is 40.5 Å². The predicted octanol–water partition coefficient (Wildman–Crippen LogP) is 1.41. The average molecular weight is 184 g/mol. The third-order valence-electron chi connectivity index (χ3n) is 3.99. The van der Waals surface area contributed by atoms with Gasteiger partial charge in [0.2, 0.25) is 0 Å². The Labute approximate surface area is 80.0 Å². The quantitative estimate of drug-likeness (QED) is 0.681. The molecule has 0 aromatic carbocycles. The Bertz CT molecular complexity index is 181. The van der Waals surface area contributed by atoms with E-state index in [4.69, 9.17) is 5.11 Å². The molecule has 13 heavy (non-hydrogen) atoms. The van der Waals surface area contributed by atoms with Crippen LogP contribution in [-0.2, 0) is 0 Å². The summed E-state index contributed by atoms with van der Waals surface area (Å²) in [6.07, 6.45) is 4.26. The van der Waals surface area contributed by atoms with Crippen LogP contribution in [0.3, 0.4) is 0 Å². The standard InChI is InChI=1S/C11H20O2/c1-7-4-10(7)8-2-3-11(13)9(5-8)6-12/h7-13H,2-6H2,1H3. The summed E-state index contributed by atoms with van der Waals surface area (Å²) in [4.78, 5) is 0. The van der Waals surface area contributed by atoms with Crippen LogP contribution in [0.15, 0.2) is 0 Å². The summed E-state index contributed by atoms with van der Waals surface area (Å²) >= 11 is 0. The zero-order valence-electron chi connectivity index (χ0n) is 8.32. The predicted molar refractivity (Wildman–Crippen MR) is 51.2 cm³/mol. The van der Waals surface area contributed by atoms with Crippen LogP contribution in [0.2, 0.25) is 0 Å². The number of hydrogen-bond acceptors (Lipinski definition) is 2. The monoisotopic (exact) mass is 184 g/mol. The molecule has 5 unspecified atom stereocenters. The molecule has 2 N–H and O–H groups in total. The zero-order valence-corrected chi connectivity index (χ0v) is 8.32. The van der Waals surface area contributed by atoms with Gasteiger partial charge in [-0.25, -0.2) is 0 Å². The fraction of sp³-hybridized carbons (Fsp3) is 1.00. The van der Waals surface area contributed by atoms with Crippen molar-refractivity contribution in [1.29, 1.82) is 0 Å². The lowest BCUT2D eigenvalue weighted by molar-refractivity contribution is 0.0126. The van der Waals surface area contributed by atoms with Gasteiger partial charge in [0.25, 0.3) is 0 Å². The molecule has 2 rings (SSSR count). The van der Waals surface area contributed by atoms with Crippen molar-refractivity contribution in [3.8, 4) is 0 Å². The fourth-order valence-corrected chi connectivity index (χ4v) is 2.88. The van der Waals surface area contributed by atoms with Crippen molar-refractivity contribution in [2.24, 2.45) is 23.7 Å². The largest absolute Gasteiger partial charge is 0.396 e. The summed E-state index contributed by atoms with van der Waals surface area (Å²) < 4.78 is 0. The van der Waals surface area contributed by atoms with E-state index >= 15 is 0 Å². The van der Waals surface area contributed by atoms with Crippen molar-refractivity contribution >= 4 is 0 Å². The van der Waals surface area contributed by atoms with Crippen LogP contribution >= 0.6 is 0 Å². The minimum Gasteiger partial charge on any atom is -0.396 e. The number of rotatable bonds is 2. The highest BCUT2D eigenvalue weighted by atomic mass is 16.3. The smallest absolute Gasteiger partial charge is 0.0590 e. The normalized spacial score (nSPS) is 50.5. The van der Waals surface area contributed by atoms with E-state index in [0.717, 1.165) is 30.6 Å². The van der Waals surface area contributed by atoms with Gasteiger partial charge >= 0.3 is 0 Å². The van der Waals surface area contributed by atoms with Gasteiger partial charge in [0.15, 0.2) is 0 Å². The molecular weight excluding hydrogens is 164 g/mol. The lowest BCUT2D eigenvalue weighted by atomic mass is 9.77. The second-order valence-corrected chi connectivity index (χ2v) is 4.96. The van der Waals surface area contributed by atoms with Gasteiger partial charge in [0, 0.05) is 12.5 Å². The summed E-state index contributed by atoms with van der Waals surface area (Å²) in [6, 6.07) is 0. The van der Waals surface area contributed by atoms with E-state index in [0.29, 0.717) is 0 Å². The van der Waals surface area contributed by atoms with Crippen LogP contribution in [0.5, 0.6) is 0 Å². The number of aliphatic hydroxyl groups excluding tert-OH is 2. The molecule has 0 saturated heterocycles. The van der Waals surface area contributed by atoms with Crippen LogP contribution in [0.25, 0.3) is 0 Å². The van der Waals surface area contributed by atoms with Crippen molar-refractivity contribution in [1.82, 2.24) is 0 Å². The number of aliphatic hydroxyl groups is 2. The molecule has 2 nitrogen and oxygen atoms in total. The molecule has 0 aromatic rings. The first kappa shape index (κ1) is 9.47. The van der Waals surface area contributed by atoms with E-state index in [-0.39, 0.29) is 18.6 Å². The second-order valence-electron chi connectivity index (χ2n) is 4.96. The molecule has 0 radical (unpaired) electrons. The summed E-state index contributed by atoms with van der Waals surface area (Å²) in [5, 5.41) is 18.7. The van der Waals surface area contributed by atoms with Gasteiger partial charge in [-0.15, -0.1) is 0 Å². The zero-order chi connectivity index (χ0) is 9.42. The molecule has 76 valence electrons. The minimum absolute atomic E-state index is 0.159. The molecule has 2 aliphatic rings. The molecule has 2 aliphatic carbocycles. The lowest BCUT2D eigenvalue weighted by Gasteiger charge is -2.32. The van der Waals surface area contributed by atoms with Crippen LogP contribution in [0.4, 0.5) is 0 Å². The molecule has 2 heteroatoms. The SMILES string of the molecule is CC1CC1C1CCC(O)C(CO)C1. The van der Waals surface area contributed by atoms with Crippen molar-refractivity contribution < 1.29 is 10.2 Å². The molecule has 0 spiro atoms. The van der Waals surface area contributed by atoms with Crippen molar-refractivity contribution in [3.05, 3.63) is 0 Å². The second kappa shape index (κ2) is 3.58. The van der Waals surface area contributed by atoms with E-state index in [1.807, 2.05) is 0 Å². The fourth-order valence-electron chi connectivity index (χ4n) is 2.88. The average Bonchev–Trinajstić information content (AvgIpc) is 2.84. The van der Waals surface area contributed by atoms with Crippen molar-refractivity contribution in [3.63, 3.8) is 0 Å². The summed E-state index contributed by atoms with van der Waals surface area (Å²) in [5.74, 6) is 2.75. The first-order valence-electron chi connectivity index (χ1n) is 5.51. The molecule has 2 fully saturated rings. The van der Waals surface area contributed by atoms with Gasteiger partial charge in [-0.05, 0) is 43.4 Å². The van der Waals surface area contributed by atoms with Gasteiger partial charge in [0.05, 0.1) is 6.10 Å². The van der Waals surface area contributed by atoms with Crippen LogP contribution in [-0.4, -0.2) is 22.9 Å². The highest BCUT2D eigenvalue weighted by Gasteiger charge is 2.42. The first-order valence-corrected chi connectivity index (χ1v) is 5.51. The van der Waals surface area contributed by atoms with Gasteiger partial charge in [-0.3, -0.25) is 0 Å². The third kappa shape index (κ3) is 1.89. The van der Waals surface area contributed by atoms with Gasteiger partial charge < -0.3 is 10.2 Å². The molecule has 2 saturated carbocycles. The number of hydrogen-bond donors (Lipinski definition) is 2. The molecular formula is C11H20O2. The highest BCUT2D eigenvalue weighted by Crippen LogP contribution is 2.49. The van der Waals surface area contributed by atoms with Crippen LogP contribution < -0.4 is 0 Å².